The number of carboxylic acids is 1. The number of aromatic nitrogens is 2. The van der Waals surface area contributed by atoms with Gasteiger partial charge in [-0.25, -0.2) is 14.8 Å². The molecule has 2 rings (SSSR count). The summed E-state index contributed by atoms with van der Waals surface area (Å²) in [5.74, 6) is 0.0948. The molecule has 1 N–H and O–H groups in total. The first kappa shape index (κ1) is 16.4. The Balaban J connectivity index is 1.99. The maximum absolute atomic E-state index is 10.8. The van der Waals surface area contributed by atoms with E-state index in [1.807, 2.05) is 13.8 Å². The van der Waals surface area contributed by atoms with Gasteiger partial charge in [-0.1, -0.05) is 0 Å². The van der Waals surface area contributed by atoms with E-state index < -0.39 is 11.4 Å². The molecule has 0 aliphatic heterocycles. The average Bonchev–Trinajstić information content (AvgIpc) is 2.55. The molecule has 0 aliphatic carbocycles. The molecule has 1 aromatic carbocycles. The molecular formula is C17H17N3O3. The Hall–Kier alpha value is -2.94. The van der Waals surface area contributed by atoms with Crippen molar-refractivity contribution < 1.29 is 14.6 Å². The molecule has 23 heavy (non-hydrogen) atoms. The summed E-state index contributed by atoms with van der Waals surface area (Å²) in [5, 5.41) is 17.8. The predicted molar refractivity (Wildman–Crippen MR) is 83.9 cm³/mol. The van der Waals surface area contributed by atoms with Crippen molar-refractivity contribution in [1.29, 1.82) is 5.26 Å². The zero-order chi connectivity index (χ0) is 16.9. The first-order valence-electron chi connectivity index (χ1n) is 7.11. The van der Waals surface area contributed by atoms with E-state index in [2.05, 4.69) is 16.0 Å². The summed E-state index contributed by atoms with van der Waals surface area (Å²) in [4.78, 5) is 18.8. The van der Waals surface area contributed by atoms with Crippen LogP contribution in [-0.2, 0) is 0 Å². The molecule has 0 saturated heterocycles. The van der Waals surface area contributed by atoms with Crippen molar-refractivity contribution in [2.75, 3.05) is 6.61 Å². The highest BCUT2D eigenvalue weighted by Gasteiger charge is 2.16. The highest BCUT2D eigenvalue weighted by Crippen LogP contribution is 2.22. The Morgan fingerprint density at radius 1 is 1.26 bits per heavy atom. The van der Waals surface area contributed by atoms with Gasteiger partial charge in [-0.15, -0.1) is 0 Å². The molecule has 0 saturated carbocycles. The van der Waals surface area contributed by atoms with Gasteiger partial charge in [-0.2, -0.15) is 5.26 Å². The molecule has 6 nitrogen and oxygen atoms in total. The normalized spacial score (nSPS) is 10.8. The zero-order valence-electron chi connectivity index (χ0n) is 13.0. The Kier molecular flexibility index (Phi) is 4.91. The lowest BCUT2D eigenvalue weighted by atomic mass is 9.92. The van der Waals surface area contributed by atoms with E-state index in [4.69, 9.17) is 15.1 Å². The molecule has 118 valence electrons. The molecule has 1 heterocycles. The number of hydrogen-bond donors (Lipinski definition) is 1. The third-order valence-electron chi connectivity index (χ3n) is 3.31. The molecule has 0 amide bonds. The van der Waals surface area contributed by atoms with Crippen molar-refractivity contribution in [2.24, 2.45) is 5.41 Å². The molecule has 0 bridgehead atoms. The molecule has 0 unspecified atom stereocenters. The maximum atomic E-state index is 10.8. The number of nitrogens with zero attached hydrogens (tertiary/aromatic N) is 3. The minimum atomic E-state index is -1.06. The van der Waals surface area contributed by atoms with Crippen LogP contribution in [0.5, 0.6) is 5.75 Å². The lowest BCUT2D eigenvalue weighted by Crippen LogP contribution is -2.13. The van der Waals surface area contributed by atoms with Crippen LogP contribution in [0.2, 0.25) is 0 Å². The van der Waals surface area contributed by atoms with E-state index in [1.165, 1.54) is 12.4 Å². The monoisotopic (exact) mass is 311 g/mol. The fraction of sp³-hybridized carbons (Fsp3) is 0.294. The van der Waals surface area contributed by atoms with Gasteiger partial charge in [0.15, 0.2) is 5.82 Å². The van der Waals surface area contributed by atoms with Crippen LogP contribution < -0.4 is 4.74 Å². The number of carbonyl (C=O) groups is 1. The van der Waals surface area contributed by atoms with Gasteiger partial charge >= 0.3 is 5.97 Å². The lowest BCUT2D eigenvalue weighted by molar-refractivity contribution is 0.0696. The third-order valence-corrected chi connectivity index (χ3v) is 3.31. The lowest BCUT2D eigenvalue weighted by Gasteiger charge is -2.15. The summed E-state index contributed by atoms with van der Waals surface area (Å²) in [6.45, 7) is 4.21. The number of benzene rings is 1. The quantitative estimate of drug-likeness (QED) is 0.880. The third kappa shape index (κ3) is 4.51. The summed E-state index contributed by atoms with van der Waals surface area (Å²) in [6, 6.07) is 9.43. The number of nitriles is 1. The molecule has 0 atom stereocenters. The Morgan fingerprint density at radius 2 is 1.87 bits per heavy atom. The van der Waals surface area contributed by atoms with Crippen LogP contribution >= 0.6 is 0 Å². The van der Waals surface area contributed by atoms with Crippen LogP contribution in [0.15, 0.2) is 36.7 Å². The van der Waals surface area contributed by atoms with Gasteiger partial charge in [-0.3, -0.25) is 0 Å². The van der Waals surface area contributed by atoms with Gasteiger partial charge in [0, 0.05) is 18.0 Å². The number of hydrogen-bond acceptors (Lipinski definition) is 5. The van der Waals surface area contributed by atoms with E-state index in [-0.39, 0.29) is 5.56 Å². The van der Waals surface area contributed by atoms with Crippen molar-refractivity contribution in [2.45, 2.75) is 20.3 Å². The summed E-state index contributed by atoms with van der Waals surface area (Å²) in [7, 11) is 0. The van der Waals surface area contributed by atoms with Crippen molar-refractivity contribution >= 4 is 5.97 Å². The smallest absolute Gasteiger partial charge is 0.338 e. The van der Waals surface area contributed by atoms with E-state index in [0.29, 0.717) is 24.6 Å². The second kappa shape index (κ2) is 6.88. The first-order chi connectivity index (χ1) is 10.9. The minimum Gasteiger partial charge on any atom is -0.494 e. The van der Waals surface area contributed by atoms with E-state index in [9.17, 15) is 4.79 Å². The highest BCUT2D eigenvalue weighted by atomic mass is 16.5. The SMILES string of the molecule is CC(C)(C#N)CCOc1ccc(-c2ncc(C(=O)O)cn2)cc1. The summed E-state index contributed by atoms with van der Waals surface area (Å²) < 4.78 is 5.62. The number of carboxylic acid groups (broad SMARTS) is 1. The summed E-state index contributed by atoms with van der Waals surface area (Å²) >= 11 is 0. The van der Waals surface area contributed by atoms with Crippen LogP contribution in [0.25, 0.3) is 11.4 Å². The number of aromatic carboxylic acids is 1. The molecule has 6 heteroatoms. The van der Waals surface area contributed by atoms with E-state index in [1.54, 1.807) is 24.3 Å². The van der Waals surface area contributed by atoms with Crippen LogP contribution in [0.3, 0.4) is 0 Å². The predicted octanol–water partition coefficient (Wildman–Crippen LogP) is 3.16. The molecule has 0 radical (unpaired) electrons. The fourth-order valence-electron chi connectivity index (χ4n) is 1.77. The van der Waals surface area contributed by atoms with Crippen molar-refractivity contribution in [3.8, 4) is 23.2 Å². The number of rotatable bonds is 6. The van der Waals surface area contributed by atoms with Crippen LogP contribution in [0.1, 0.15) is 30.6 Å². The van der Waals surface area contributed by atoms with Crippen molar-refractivity contribution in [3.05, 3.63) is 42.2 Å². The van der Waals surface area contributed by atoms with Gasteiger partial charge in [-0.05, 0) is 44.5 Å². The molecule has 1 aromatic heterocycles. The standard InChI is InChI=1S/C17H17N3O3/c1-17(2,11-18)7-8-23-14-5-3-12(4-6-14)15-19-9-13(10-20-15)16(21)22/h3-6,9-10H,7-8H2,1-2H3,(H,21,22). The highest BCUT2D eigenvalue weighted by molar-refractivity contribution is 5.86. The molecule has 0 fully saturated rings. The average molecular weight is 311 g/mol. The minimum absolute atomic E-state index is 0.0498. The van der Waals surface area contributed by atoms with Crippen molar-refractivity contribution in [1.82, 2.24) is 9.97 Å². The van der Waals surface area contributed by atoms with E-state index in [0.717, 1.165) is 5.56 Å². The summed E-state index contributed by atoms with van der Waals surface area (Å²) in [6.07, 6.45) is 3.20. The largest absolute Gasteiger partial charge is 0.494 e. The van der Waals surface area contributed by atoms with Gasteiger partial charge in [0.2, 0.25) is 0 Å². The second-order valence-electron chi connectivity index (χ2n) is 5.72. The van der Waals surface area contributed by atoms with Crippen LogP contribution in [0.4, 0.5) is 0 Å². The Morgan fingerprint density at radius 3 is 2.39 bits per heavy atom. The van der Waals surface area contributed by atoms with Gasteiger partial charge in [0.05, 0.1) is 23.7 Å². The van der Waals surface area contributed by atoms with Crippen LogP contribution in [0, 0.1) is 16.7 Å². The molecule has 2 aromatic rings. The van der Waals surface area contributed by atoms with Gasteiger partial charge in [0.1, 0.15) is 5.75 Å². The fourth-order valence-corrected chi connectivity index (χ4v) is 1.77. The Labute approximate surface area is 134 Å². The van der Waals surface area contributed by atoms with Gasteiger partial charge in [0.25, 0.3) is 0 Å². The van der Waals surface area contributed by atoms with E-state index >= 15 is 0 Å². The van der Waals surface area contributed by atoms with Crippen LogP contribution in [-0.4, -0.2) is 27.7 Å². The Bertz CT molecular complexity index is 716. The topological polar surface area (TPSA) is 96.1 Å². The molecule has 0 aliphatic rings. The maximum Gasteiger partial charge on any atom is 0.338 e. The zero-order valence-corrected chi connectivity index (χ0v) is 13.0. The van der Waals surface area contributed by atoms with Crippen molar-refractivity contribution in [3.63, 3.8) is 0 Å². The van der Waals surface area contributed by atoms with Gasteiger partial charge < -0.3 is 9.84 Å². The summed E-state index contributed by atoms with van der Waals surface area (Å²) in [5.41, 5.74) is 0.417. The first-order valence-corrected chi connectivity index (χ1v) is 7.11. The molecular weight excluding hydrogens is 294 g/mol. The number of ether oxygens (including phenoxy) is 1. The second-order valence-corrected chi connectivity index (χ2v) is 5.72. The molecule has 0 spiro atoms.